The second-order valence-electron chi connectivity index (χ2n) is 4.18. The normalized spacial score (nSPS) is 19.0. The molecule has 6 heteroatoms. The summed E-state index contributed by atoms with van der Waals surface area (Å²) in [6, 6.07) is 6.78. The maximum Gasteiger partial charge on any atom is 0.334 e. The van der Waals surface area contributed by atoms with Crippen LogP contribution < -0.4 is 4.74 Å². The molecule has 1 aromatic carbocycles. The molecule has 0 aromatic heterocycles. The van der Waals surface area contributed by atoms with Crippen LogP contribution in [0.5, 0.6) is 5.75 Å². The summed E-state index contributed by atoms with van der Waals surface area (Å²) < 4.78 is 10.1. The van der Waals surface area contributed by atoms with Gasteiger partial charge in [0.15, 0.2) is 6.10 Å². The molecule has 0 bridgehead atoms. The van der Waals surface area contributed by atoms with Gasteiger partial charge in [0.1, 0.15) is 5.75 Å². The fourth-order valence-electron chi connectivity index (χ4n) is 1.92. The fraction of sp³-hybridized carbons (Fsp3) is 0.385. The molecule has 2 rings (SSSR count). The summed E-state index contributed by atoms with van der Waals surface area (Å²) in [5.74, 6) is -0.675. The minimum Gasteiger partial charge on any atom is -0.497 e. The smallest absolute Gasteiger partial charge is 0.334 e. The maximum absolute atomic E-state index is 12.3. The van der Waals surface area contributed by atoms with E-state index in [1.807, 2.05) is 0 Å². The predicted octanol–water partition coefficient (Wildman–Crippen LogP) is 0.621. The SMILES string of the molecule is COc1cccc(C(=O)N2CCOC(C(=O)O)C2)c1. The molecule has 0 spiro atoms. The van der Waals surface area contributed by atoms with Crippen LogP contribution in [0.2, 0.25) is 0 Å². The van der Waals surface area contributed by atoms with Crippen LogP contribution in [0.15, 0.2) is 24.3 Å². The van der Waals surface area contributed by atoms with E-state index < -0.39 is 12.1 Å². The number of carbonyl (C=O) groups is 2. The van der Waals surface area contributed by atoms with Crippen molar-refractivity contribution in [3.8, 4) is 5.75 Å². The lowest BCUT2D eigenvalue weighted by atomic mass is 10.1. The van der Waals surface area contributed by atoms with Gasteiger partial charge in [-0.3, -0.25) is 4.79 Å². The molecule has 0 saturated carbocycles. The highest BCUT2D eigenvalue weighted by molar-refractivity contribution is 5.95. The third-order valence-electron chi connectivity index (χ3n) is 2.95. The lowest BCUT2D eigenvalue weighted by molar-refractivity contribution is -0.154. The van der Waals surface area contributed by atoms with Crippen LogP contribution in [0, 0.1) is 0 Å². The summed E-state index contributed by atoms with van der Waals surface area (Å²) in [5, 5.41) is 8.91. The molecule has 1 N–H and O–H groups in total. The number of hydrogen-bond donors (Lipinski definition) is 1. The van der Waals surface area contributed by atoms with Crippen molar-refractivity contribution in [2.75, 3.05) is 26.8 Å². The highest BCUT2D eigenvalue weighted by Gasteiger charge is 2.29. The van der Waals surface area contributed by atoms with Crippen LogP contribution in [-0.4, -0.2) is 54.8 Å². The van der Waals surface area contributed by atoms with Crippen molar-refractivity contribution in [3.63, 3.8) is 0 Å². The average molecular weight is 265 g/mol. The molecule has 1 aliphatic heterocycles. The van der Waals surface area contributed by atoms with E-state index in [1.165, 1.54) is 12.0 Å². The Kier molecular flexibility index (Phi) is 4.01. The van der Waals surface area contributed by atoms with E-state index >= 15 is 0 Å². The molecule has 102 valence electrons. The molecular weight excluding hydrogens is 250 g/mol. The first-order valence-corrected chi connectivity index (χ1v) is 5.89. The fourth-order valence-corrected chi connectivity index (χ4v) is 1.92. The molecule has 1 unspecified atom stereocenters. The largest absolute Gasteiger partial charge is 0.497 e. The van der Waals surface area contributed by atoms with E-state index in [-0.39, 0.29) is 19.1 Å². The highest BCUT2D eigenvalue weighted by Crippen LogP contribution is 2.16. The van der Waals surface area contributed by atoms with Crippen molar-refractivity contribution in [3.05, 3.63) is 29.8 Å². The van der Waals surface area contributed by atoms with Gasteiger partial charge in [0.2, 0.25) is 0 Å². The summed E-state index contributed by atoms with van der Waals surface area (Å²) in [4.78, 5) is 24.6. The Bertz CT molecular complexity index is 488. The number of methoxy groups -OCH3 is 1. The summed E-state index contributed by atoms with van der Waals surface area (Å²) in [6.45, 7) is 0.678. The molecule has 6 nitrogen and oxygen atoms in total. The molecule has 1 atom stereocenters. The van der Waals surface area contributed by atoms with E-state index in [4.69, 9.17) is 14.6 Å². The van der Waals surface area contributed by atoms with Crippen molar-refractivity contribution >= 4 is 11.9 Å². The number of rotatable bonds is 3. The molecule has 1 fully saturated rings. The van der Waals surface area contributed by atoms with E-state index in [9.17, 15) is 9.59 Å². The molecule has 1 aromatic rings. The first kappa shape index (κ1) is 13.4. The van der Waals surface area contributed by atoms with E-state index in [1.54, 1.807) is 24.3 Å². The molecule has 1 amide bonds. The molecule has 0 aliphatic carbocycles. The van der Waals surface area contributed by atoms with Crippen LogP contribution in [-0.2, 0) is 9.53 Å². The predicted molar refractivity (Wildman–Crippen MR) is 66.3 cm³/mol. The number of nitrogens with zero attached hydrogens (tertiary/aromatic N) is 1. The zero-order valence-electron chi connectivity index (χ0n) is 10.5. The Morgan fingerprint density at radius 3 is 2.95 bits per heavy atom. The van der Waals surface area contributed by atoms with Gasteiger partial charge in [-0.2, -0.15) is 0 Å². The molecule has 1 aliphatic rings. The Morgan fingerprint density at radius 2 is 2.26 bits per heavy atom. The van der Waals surface area contributed by atoms with Crippen LogP contribution in [0.25, 0.3) is 0 Å². The van der Waals surface area contributed by atoms with Crippen molar-refractivity contribution < 1.29 is 24.2 Å². The van der Waals surface area contributed by atoms with Crippen molar-refractivity contribution in [1.29, 1.82) is 0 Å². The number of morpholine rings is 1. The standard InChI is InChI=1S/C13H15NO5/c1-18-10-4-2-3-9(7-10)12(15)14-5-6-19-11(8-14)13(16)17/h2-4,7,11H,5-6,8H2,1H3,(H,16,17). The topological polar surface area (TPSA) is 76.1 Å². The number of aliphatic carboxylic acids is 1. The van der Waals surface area contributed by atoms with Gasteiger partial charge in [-0.25, -0.2) is 4.79 Å². The van der Waals surface area contributed by atoms with E-state index in [0.29, 0.717) is 17.9 Å². The van der Waals surface area contributed by atoms with Crippen molar-refractivity contribution in [2.24, 2.45) is 0 Å². The average Bonchev–Trinajstić information content (AvgIpc) is 2.46. The van der Waals surface area contributed by atoms with Gasteiger partial charge in [-0.15, -0.1) is 0 Å². The Morgan fingerprint density at radius 1 is 1.47 bits per heavy atom. The molecule has 0 radical (unpaired) electrons. The summed E-state index contributed by atoms with van der Waals surface area (Å²) >= 11 is 0. The third kappa shape index (κ3) is 3.03. The minimum absolute atomic E-state index is 0.0609. The second kappa shape index (κ2) is 5.71. The number of carboxylic acids is 1. The summed E-state index contributed by atoms with van der Waals surface area (Å²) in [5.41, 5.74) is 0.477. The minimum atomic E-state index is -1.05. The summed E-state index contributed by atoms with van der Waals surface area (Å²) in [6.07, 6.45) is -0.955. The van der Waals surface area contributed by atoms with Crippen molar-refractivity contribution in [1.82, 2.24) is 4.90 Å². The van der Waals surface area contributed by atoms with Gasteiger partial charge in [-0.1, -0.05) is 6.07 Å². The molecule has 1 heterocycles. The van der Waals surface area contributed by atoms with Crippen LogP contribution in [0.3, 0.4) is 0 Å². The highest BCUT2D eigenvalue weighted by atomic mass is 16.5. The van der Waals surface area contributed by atoms with Crippen LogP contribution in [0.4, 0.5) is 0 Å². The Balaban J connectivity index is 2.12. The van der Waals surface area contributed by atoms with E-state index in [2.05, 4.69) is 0 Å². The molecule has 19 heavy (non-hydrogen) atoms. The van der Waals surface area contributed by atoms with Gasteiger partial charge in [0, 0.05) is 12.1 Å². The molecular formula is C13H15NO5. The number of carbonyl (C=O) groups excluding carboxylic acids is 1. The Hall–Kier alpha value is -2.08. The lowest BCUT2D eigenvalue weighted by Crippen LogP contribution is -2.48. The third-order valence-corrected chi connectivity index (χ3v) is 2.95. The monoisotopic (exact) mass is 265 g/mol. The number of ether oxygens (including phenoxy) is 2. The number of hydrogen-bond acceptors (Lipinski definition) is 4. The van der Waals surface area contributed by atoms with Gasteiger partial charge >= 0.3 is 5.97 Å². The van der Waals surface area contributed by atoms with Crippen molar-refractivity contribution in [2.45, 2.75) is 6.10 Å². The van der Waals surface area contributed by atoms with Gasteiger partial charge in [-0.05, 0) is 18.2 Å². The maximum atomic E-state index is 12.3. The number of carboxylic acid groups (broad SMARTS) is 1. The van der Waals surface area contributed by atoms with Gasteiger partial charge in [0.05, 0.1) is 20.3 Å². The summed E-state index contributed by atoms with van der Waals surface area (Å²) in [7, 11) is 1.53. The zero-order chi connectivity index (χ0) is 13.8. The quantitative estimate of drug-likeness (QED) is 0.867. The van der Waals surface area contributed by atoms with Crippen LogP contribution >= 0.6 is 0 Å². The van der Waals surface area contributed by atoms with Gasteiger partial charge < -0.3 is 19.5 Å². The zero-order valence-corrected chi connectivity index (χ0v) is 10.5. The van der Waals surface area contributed by atoms with Crippen LogP contribution in [0.1, 0.15) is 10.4 Å². The number of amides is 1. The lowest BCUT2D eigenvalue weighted by Gasteiger charge is -2.30. The first-order valence-electron chi connectivity index (χ1n) is 5.89. The number of benzene rings is 1. The second-order valence-corrected chi connectivity index (χ2v) is 4.18. The Labute approximate surface area is 110 Å². The van der Waals surface area contributed by atoms with E-state index in [0.717, 1.165) is 0 Å². The molecule has 1 saturated heterocycles. The van der Waals surface area contributed by atoms with Gasteiger partial charge in [0.25, 0.3) is 5.91 Å². The first-order chi connectivity index (χ1) is 9.11.